The Kier molecular flexibility index (Phi) is 5.83. The maximum atomic E-state index is 13.5. The van der Waals surface area contributed by atoms with Crippen LogP contribution in [0.15, 0.2) is 36.5 Å². The summed E-state index contributed by atoms with van der Waals surface area (Å²) < 4.78 is 29.6. The summed E-state index contributed by atoms with van der Waals surface area (Å²) in [5, 5.41) is 0. The number of carbonyl (C=O) groups excluding carboxylic acids is 1. The molecule has 2 aromatic rings. The summed E-state index contributed by atoms with van der Waals surface area (Å²) in [6.45, 7) is 0.911. The second kappa shape index (κ2) is 8.46. The van der Waals surface area contributed by atoms with Gasteiger partial charge in [-0.15, -0.1) is 0 Å². The fourth-order valence-corrected chi connectivity index (χ4v) is 2.68. The number of carbonyl (C=O) groups is 1. The molecule has 0 spiro atoms. The third-order valence-electron chi connectivity index (χ3n) is 4.06. The summed E-state index contributed by atoms with van der Waals surface area (Å²) in [5.41, 5.74) is 0. The number of amides is 1. The number of ether oxygens (including phenoxy) is 3. The molecular weight excluding hydrogens is 341 g/mol. The van der Waals surface area contributed by atoms with E-state index in [0.717, 1.165) is 0 Å². The molecule has 0 saturated carbocycles. The first-order valence-corrected chi connectivity index (χ1v) is 8.34. The number of benzene rings is 1. The van der Waals surface area contributed by atoms with Crippen LogP contribution in [0.1, 0.15) is 12.8 Å². The van der Waals surface area contributed by atoms with Gasteiger partial charge in [-0.25, -0.2) is 9.37 Å². The Morgan fingerprint density at radius 3 is 2.77 bits per heavy atom. The van der Waals surface area contributed by atoms with E-state index in [1.165, 1.54) is 19.2 Å². The predicted octanol–water partition coefficient (Wildman–Crippen LogP) is 2.07. The average molecular weight is 361 g/mol. The Hall–Kier alpha value is -2.90. The van der Waals surface area contributed by atoms with Gasteiger partial charge in [0, 0.05) is 38.2 Å². The molecule has 1 amide bonds. The average Bonchev–Trinajstić information content (AvgIpc) is 2.68. The topological polar surface area (TPSA) is 73.8 Å². The first kappa shape index (κ1) is 17.9. The van der Waals surface area contributed by atoms with Gasteiger partial charge in [-0.3, -0.25) is 4.79 Å². The molecule has 1 fully saturated rings. The molecule has 0 bridgehead atoms. The van der Waals surface area contributed by atoms with Crippen LogP contribution in [0.3, 0.4) is 0 Å². The van der Waals surface area contributed by atoms with Crippen LogP contribution in [0.25, 0.3) is 0 Å². The van der Waals surface area contributed by atoms with E-state index < -0.39 is 5.82 Å². The number of para-hydroxylation sites is 1. The minimum atomic E-state index is -0.479. The van der Waals surface area contributed by atoms with Crippen molar-refractivity contribution in [3.05, 3.63) is 42.3 Å². The van der Waals surface area contributed by atoms with Crippen molar-refractivity contribution in [1.82, 2.24) is 14.9 Å². The highest BCUT2D eigenvalue weighted by Gasteiger charge is 2.24. The zero-order chi connectivity index (χ0) is 18.4. The Balaban J connectivity index is 1.45. The van der Waals surface area contributed by atoms with Crippen LogP contribution >= 0.6 is 0 Å². The number of hydrogen-bond donors (Lipinski definition) is 0. The van der Waals surface area contributed by atoms with Gasteiger partial charge in [0.1, 0.15) is 6.10 Å². The van der Waals surface area contributed by atoms with Crippen LogP contribution in [0.2, 0.25) is 0 Å². The molecule has 1 aromatic carbocycles. The number of nitrogens with zero attached hydrogens (tertiary/aromatic N) is 3. The number of likely N-dealkylation sites (tertiary alicyclic amines) is 1. The molecule has 0 aliphatic carbocycles. The van der Waals surface area contributed by atoms with Crippen LogP contribution < -0.4 is 14.2 Å². The Labute approximate surface area is 150 Å². The van der Waals surface area contributed by atoms with E-state index in [1.807, 2.05) is 0 Å². The first-order chi connectivity index (χ1) is 12.7. The fourth-order valence-electron chi connectivity index (χ4n) is 2.68. The summed E-state index contributed by atoms with van der Waals surface area (Å²) in [4.78, 5) is 22.0. The van der Waals surface area contributed by atoms with Crippen LogP contribution in [-0.2, 0) is 4.79 Å². The second-order valence-electron chi connectivity index (χ2n) is 5.80. The Bertz CT molecular complexity index is 751. The maximum Gasteiger partial charge on any atom is 0.319 e. The van der Waals surface area contributed by atoms with Crippen LogP contribution in [0, 0.1) is 5.82 Å². The van der Waals surface area contributed by atoms with E-state index in [2.05, 4.69) is 9.97 Å². The van der Waals surface area contributed by atoms with Crippen molar-refractivity contribution in [3.63, 3.8) is 0 Å². The highest BCUT2D eigenvalue weighted by molar-refractivity contribution is 5.77. The number of rotatable bonds is 6. The fraction of sp³-hybridized carbons (Fsp3) is 0.389. The molecule has 1 aliphatic heterocycles. The van der Waals surface area contributed by atoms with Gasteiger partial charge in [0.05, 0.1) is 7.11 Å². The maximum absolute atomic E-state index is 13.5. The molecule has 0 atom stereocenters. The number of piperidine rings is 1. The number of aromatic nitrogens is 2. The zero-order valence-corrected chi connectivity index (χ0v) is 14.4. The normalized spacial score (nSPS) is 14.8. The van der Waals surface area contributed by atoms with E-state index in [0.29, 0.717) is 31.8 Å². The first-order valence-electron chi connectivity index (χ1n) is 8.34. The lowest BCUT2D eigenvalue weighted by Crippen LogP contribution is -2.43. The van der Waals surface area contributed by atoms with Gasteiger partial charge in [-0.2, -0.15) is 4.98 Å². The third kappa shape index (κ3) is 4.59. The highest BCUT2D eigenvalue weighted by Crippen LogP contribution is 2.19. The zero-order valence-electron chi connectivity index (χ0n) is 14.4. The van der Waals surface area contributed by atoms with Crippen molar-refractivity contribution in [3.8, 4) is 17.6 Å². The lowest BCUT2D eigenvalue weighted by molar-refractivity contribution is -0.135. The van der Waals surface area contributed by atoms with Crippen molar-refractivity contribution in [2.24, 2.45) is 0 Å². The van der Waals surface area contributed by atoms with Gasteiger partial charge in [-0.05, 0) is 12.1 Å². The van der Waals surface area contributed by atoms with Crippen molar-refractivity contribution in [1.29, 1.82) is 0 Å². The summed E-state index contributed by atoms with van der Waals surface area (Å²) in [6.07, 6.45) is 2.89. The number of methoxy groups -OCH3 is 1. The number of hydrogen-bond acceptors (Lipinski definition) is 6. The molecule has 138 valence electrons. The standard InChI is InChI=1S/C18H20FN3O4/c1-24-18-20-9-6-16(21-18)26-13-7-10-22(11-8-13)17(23)12-25-15-5-3-2-4-14(15)19/h2-6,9,13H,7-8,10-12H2,1H3. The predicted molar refractivity (Wildman–Crippen MR) is 90.7 cm³/mol. The van der Waals surface area contributed by atoms with Gasteiger partial charge < -0.3 is 19.1 Å². The molecule has 1 aromatic heterocycles. The summed E-state index contributed by atoms with van der Waals surface area (Å²) in [5.74, 6) is -0.121. The molecule has 3 rings (SSSR count). The summed E-state index contributed by atoms with van der Waals surface area (Å²) in [6, 6.07) is 7.95. The van der Waals surface area contributed by atoms with E-state index in [1.54, 1.807) is 29.3 Å². The van der Waals surface area contributed by atoms with Crippen LogP contribution in [0.4, 0.5) is 4.39 Å². The van der Waals surface area contributed by atoms with Gasteiger partial charge in [0.15, 0.2) is 18.2 Å². The molecular formula is C18H20FN3O4. The van der Waals surface area contributed by atoms with Crippen molar-refractivity contribution < 1.29 is 23.4 Å². The molecule has 0 unspecified atom stereocenters. The van der Waals surface area contributed by atoms with Gasteiger partial charge in [0.2, 0.25) is 5.88 Å². The molecule has 0 N–H and O–H groups in total. The van der Waals surface area contributed by atoms with Crippen molar-refractivity contribution in [2.75, 3.05) is 26.8 Å². The molecule has 0 radical (unpaired) electrons. The molecule has 1 aliphatic rings. The molecule has 8 heteroatoms. The quantitative estimate of drug-likeness (QED) is 0.784. The van der Waals surface area contributed by atoms with Gasteiger partial charge in [0.25, 0.3) is 5.91 Å². The Morgan fingerprint density at radius 2 is 2.04 bits per heavy atom. The minimum Gasteiger partial charge on any atom is -0.481 e. The molecule has 26 heavy (non-hydrogen) atoms. The molecule has 2 heterocycles. The third-order valence-corrected chi connectivity index (χ3v) is 4.06. The SMILES string of the molecule is COc1nccc(OC2CCN(C(=O)COc3ccccc3F)CC2)n1. The smallest absolute Gasteiger partial charge is 0.319 e. The van der Waals surface area contributed by atoms with Gasteiger partial charge in [-0.1, -0.05) is 12.1 Å². The molecule has 7 nitrogen and oxygen atoms in total. The van der Waals surface area contributed by atoms with E-state index in [4.69, 9.17) is 14.2 Å². The number of halogens is 1. The highest BCUT2D eigenvalue weighted by atomic mass is 19.1. The summed E-state index contributed by atoms with van der Waals surface area (Å²) in [7, 11) is 1.49. The van der Waals surface area contributed by atoms with Crippen molar-refractivity contribution >= 4 is 5.91 Å². The van der Waals surface area contributed by atoms with Crippen LogP contribution in [-0.4, -0.2) is 53.7 Å². The van der Waals surface area contributed by atoms with E-state index >= 15 is 0 Å². The lowest BCUT2D eigenvalue weighted by atomic mass is 10.1. The molecule has 1 saturated heterocycles. The van der Waals surface area contributed by atoms with Crippen molar-refractivity contribution in [2.45, 2.75) is 18.9 Å². The van der Waals surface area contributed by atoms with E-state index in [-0.39, 0.29) is 30.4 Å². The summed E-state index contributed by atoms with van der Waals surface area (Å²) >= 11 is 0. The minimum absolute atomic E-state index is 0.0360. The Morgan fingerprint density at radius 1 is 1.27 bits per heavy atom. The lowest BCUT2D eigenvalue weighted by Gasteiger charge is -2.31. The largest absolute Gasteiger partial charge is 0.481 e. The second-order valence-corrected chi connectivity index (χ2v) is 5.80. The monoisotopic (exact) mass is 361 g/mol. The van der Waals surface area contributed by atoms with E-state index in [9.17, 15) is 9.18 Å². The van der Waals surface area contributed by atoms with Gasteiger partial charge >= 0.3 is 6.01 Å². The van der Waals surface area contributed by atoms with Crippen LogP contribution in [0.5, 0.6) is 17.6 Å².